The Morgan fingerprint density at radius 1 is 1.56 bits per heavy atom. The molecule has 0 bridgehead atoms. The van der Waals surface area contributed by atoms with Crippen molar-refractivity contribution >= 4 is 21.9 Å². The van der Waals surface area contributed by atoms with E-state index < -0.39 is 11.4 Å². The van der Waals surface area contributed by atoms with Crippen molar-refractivity contribution in [1.82, 2.24) is 4.98 Å². The molecule has 0 saturated carbocycles. The molecule has 0 aliphatic carbocycles. The third-order valence-corrected chi connectivity index (χ3v) is 3.57. The van der Waals surface area contributed by atoms with Gasteiger partial charge in [0.05, 0.1) is 5.41 Å². The van der Waals surface area contributed by atoms with Gasteiger partial charge in [-0.25, -0.2) is 0 Å². The number of hydrogen-bond acceptors (Lipinski definition) is 2. The van der Waals surface area contributed by atoms with Gasteiger partial charge in [-0.3, -0.25) is 9.78 Å². The predicted octanol–water partition coefficient (Wildman–Crippen LogP) is 3.13. The maximum Gasteiger partial charge on any atom is 0.310 e. The van der Waals surface area contributed by atoms with E-state index in [9.17, 15) is 9.90 Å². The Hall–Kier alpha value is -0.900. The zero-order valence-corrected chi connectivity index (χ0v) is 11.3. The monoisotopic (exact) mass is 285 g/mol. The quantitative estimate of drug-likeness (QED) is 0.925. The Kier molecular flexibility index (Phi) is 4.08. The summed E-state index contributed by atoms with van der Waals surface area (Å²) in [5.74, 6) is -0.706. The summed E-state index contributed by atoms with van der Waals surface area (Å²) < 4.78 is 0.901. The van der Waals surface area contributed by atoms with Crippen LogP contribution in [0, 0.1) is 11.3 Å². The summed E-state index contributed by atoms with van der Waals surface area (Å²) in [6.45, 7) is 5.61. The van der Waals surface area contributed by atoms with Gasteiger partial charge in [0, 0.05) is 22.8 Å². The minimum atomic E-state index is -0.771. The summed E-state index contributed by atoms with van der Waals surface area (Å²) in [6, 6.07) is 3.73. The molecule has 1 aromatic heterocycles. The number of aliphatic carboxylic acids is 1. The van der Waals surface area contributed by atoms with Crippen LogP contribution in [0.25, 0.3) is 0 Å². The molecule has 0 aliphatic rings. The minimum absolute atomic E-state index is 0.0652. The molecule has 0 aromatic carbocycles. The molecule has 0 radical (unpaired) electrons. The molecule has 3 nitrogen and oxygen atoms in total. The smallest absolute Gasteiger partial charge is 0.310 e. The first-order chi connectivity index (χ1) is 7.36. The molecule has 88 valence electrons. The lowest BCUT2D eigenvalue weighted by Crippen LogP contribution is -2.35. The lowest BCUT2D eigenvalue weighted by molar-refractivity contribution is -0.150. The van der Waals surface area contributed by atoms with Crippen LogP contribution in [-0.4, -0.2) is 16.1 Å². The fourth-order valence-electron chi connectivity index (χ4n) is 1.41. The van der Waals surface area contributed by atoms with Crippen molar-refractivity contribution < 1.29 is 9.90 Å². The summed E-state index contributed by atoms with van der Waals surface area (Å²) >= 11 is 3.30. The third-order valence-electron chi connectivity index (χ3n) is 3.10. The van der Waals surface area contributed by atoms with Gasteiger partial charge in [-0.2, -0.15) is 0 Å². The molecule has 0 amide bonds. The van der Waals surface area contributed by atoms with Crippen molar-refractivity contribution in [3.8, 4) is 0 Å². The summed E-state index contributed by atoms with van der Waals surface area (Å²) in [6.07, 6.45) is 2.14. The number of rotatable bonds is 4. The molecule has 0 saturated heterocycles. The van der Waals surface area contributed by atoms with Gasteiger partial charge in [0.15, 0.2) is 0 Å². The molecule has 4 heteroatoms. The first kappa shape index (κ1) is 13.2. The molecule has 1 heterocycles. The van der Waals surface area contributed by atoms with E-state index in [1.807, 2.05) is 26.0 Å². The van der Waals surface area contributed by atoms with Crippen molar-refractivity contribution in [3.63, 3.8) is 0 Å². The van der Waals surface area contributed by atoms with Crippen LogP contribution < -0.4 is 0 Å². The van der Waals surface area contributed by atoms with E-state index in [-0.39, 0.29) is 5.92 Å². The molecule has 1 atom stereocenters. The van der Waals surface area contributed by atoms with Crippen LogP contribution in [-0.2, 0) is 11.2 Å². The third kappa shape index (κ3) is 2.82. The minimum Gasteiger partial charge on any atom is -0.481 e. The van der Waals surface area contributed by atoms with Crippen molar-refractivity contribution in [2.45, 2.75) is 27.2 Å². The standard InChI is InChI=1S/C12H16BrNO2/c1-8(2)12(3,11(15)16)6-10-5-4-9(13)7-14-10/h4-5,7-8H,6H2,1-3H3,(H,15,16). The fraction of sp³-hybridized carbons (Fsp3) is 0.500. The van der Waals surface area contributed by atoms with Crippen LogP contribution >= 0.6 is 15.9 Å². The summed E-state index contributed by atoms with van der Waals surface area (Å²) in [5.41, 5.74) is 0.0442. The van der Waals surface area contributed by atoms with Crippen LogP contribution in [0.1, 0.15) is 26.5 Å². The van der Waals surface area contributed by atoms with Crippen LogP contribution in [0.4, 0.5) is 0 Å². The maximum atomic E-state index is 11.3. The highest BCUT2D eigenvalue weighted by molar-refractivity contribution is 9.10. The fourth-order valence-corrected chi connectivity index (χ4v) is 1.65. The number of carbonyl (C=O) groups is 1. The molecule has 1 N–H and O–H groups in total. The SMILES string of the molecule is CC(C)C(C)(Cc1ccc(Br)cn1)C(=O)O. The highest BCUT2D eigenvalue weighted by Crippen LogP contribution is 2.31. The Morgan fingerprint density at radius 3 is 2.56 bits per heavy atom. The normalized spacial score (nSPS) is 14.8. The van der Waals surface area contributed by atoms with Crippen LogP contribution in [0.3, 0.4) is 0 Å². The van der Waals surface area contributed by atoms with Crippen LogP contribution in [0.15, 0.2) is 22.8 Å². The van der Waals surface area contributed by atoms with E-state index in [0.29, 0.717) is 6.42 Å². The molecule has 0 spiro atoms. The van der Waals surface area contributed by atoms with Crippen LogP contribution in [0.5, 0.6) is 0 Å². The molecule has 1 rings (SSSR count). The molecule has 0 fully saturated rings. The lowest BCUT2D eigenvalue weighted by atomic mass is 9.75. The van der Waals surface area contributed by atoms with E-state index >= 15 is 0 Å². The van der Waals surface area contributed by atoms with Crippen molar-refractivity contribution in [1.29, 1.82) is 0 Å². The highest BCUT2D eigenvalue weighted by atomic mass is 79.9. The molecule has 1 aromatic rings. The molecule has 1 unspecified atom stereocenters. The number of pyridine rings is 1. The average Bonchev–Trinajstić information content (AvgIpc) is 2.20. The summed E-state index contributed by atoms with van der Waals surface area (Å²) in [4.78, 5) is 15.5. The van der Waals surface area contributed by atoms with Crippen molar-refractivity contribution in [3.05, 3.63) is 28.5 Å². The maximum absolute atomic E-state index is 11.3. The van der Waals surface area contributed by atoms with E-state index in [2.05, 4.69) is 20.9 Å². The van der Waals surface area contributed by atoms with Crippen LogP contribution in [0.2, 0.25) is 0 Å². The van der Waals surface area contributed by atoms with Gasteiger partial charge in [-0.05, 0) is 40.9 Å². The molecule has 0 aliphatic heterocycles. The van der Waals surface area contributed by atoms with Crippen molar-refractivity contribution in [2.24, 2.45) is 11.3 Å². The van der Waals surface area contributed by atoms with E-state index in [0.717, 1.165) is 10.2 Å². The Bertz CT molecular complexity index is 375. The largest absolute Gasteiger partial charge is 0.481 e. The second kappa shape index (κ2) is 4.95. The zero-order valence-electron chi connectivity index (χ0n) is 9.70. The zero-order chi connectivity index (χ0) is 12.3. The number of aromatic nitrogens is 1. The number of hydrogen-bond donors (Lipinski definition) is 1. The number of carboxylic acid groups (broad SMARTS) is 1. The molecular weight excluding hydrogens is 270 g/mol. The first-order valence-electron chi connectivity index (χ1n) is 5.20. The Morgan fingerprint density at radius 2 is 2.19 bits per heavy atom. The van der Waals surface area contributed by atoms with Gasteiger partial charge in [-0.15, -0.1) is 0 Å². The van der Waals surface area contributed by atoms with Gasteiger partial charge in [0.1, 0.15) is 0 Å². The van der Waals surface area contributed by atoms with Gasteiger partial charge >= 0.3 is 5.97 Å². The van der Waals surface area contributed by atoms with Gasteiger partial charge in [0.25, 0.3) is 0 Å². The Labute approximate surface area is 104 Å². The lowest BCUT2D eigenvalue weighted by Gasteiger charge is -2.28. The highest BCUT2D eigenvalue weighted by Gasteiger charge is 2.37. The molecule has 16 heavy (non-hydrogen) atoms. The van der Waals surface area contributed by atoms with E-state index in [1.165, 1.54) is 0 Å². The second-order valence-electron chi connectivity index (χ2n) is 4.52. The van der Waals surface area contributed by atoms with Gasteiger partial charge in [-0.1, -0.05) is 13.8 Å². The summed E-state index contributed by atoms with van der Waals surface area (Å²) in [5, 5.41) is 9.28. The second-order valence-corrected chi connectivity index (χ2v) is 5.44. The first-order valence-corrected chi connectivity index (χ1v) is 5.99. The number of halogens is 1. The summed E-state index contributed by atoms with van der Waals surface area (Å²) in [7, 11) is 0. The number of nitrogens with zero attached hydrogens (tertiary/aromatic N) is 1. The van der Waals surface area contributed by atoms with E-state index in [4.69, 9.17) is 0 Å². The van der Waals surface area contributed by atoms with Gasteiger partial charge < -0.3 is 5.11 Å². The van der Waals surface area contributed by atoms with Gasteiger partial charge in [0.2, 0.25) is 0 Å². The predicted molar refractivity (Wildman–Crippen MR) is 66.2 cm³/mol. The van der Waals surface area contributed by atoms with Crippen molar-refractivity contribution in [2.75, 3.05) is 0 Å². The molecular formula is C12H16BrNO2. The Balaban J connectivity index is 2.93. The van der Waals surface area contributed by atoms with E-state index in [1.54, 1.807) is 13.1 Å². The number of carboxylic acids is 1. The average molecular weight is 286 g/mol. The topological polar surface area (TPSA) is 50.2 Å².